The van der Waals surface area contributed by atoms with Crippen LogP contribution in [0.1, 0.15) is 18.4 Å². The van der Waals surface area contributed by atoms with Crippen LogP contribution in [0.25, 0.3) is 0 Å². The molecule has 1 radical (unpaired) electrons. The monoisotopic (exact) mass is 208 g/mol. The summed E-state index contributed by atoms with van der Waals surface area (Å²) >= 11 is 6.11. The molecule has 0 aliphatic carbocycles. The van der Waals surface area contributed by atoms with E-state index in [0.717, 1.165) is 11.6 Å². The molecule has 1 saturated heterocycles. The Bertz CT molecular complexity index is 292. The molecular weight excluding hydrogens is 194 g/mol. The first kappa shape index (κ1) is 10.0. The summed E-state index contributed by atoms with van der Waals surface area (Å²) in [6, 6.07) is 8.11. The van der Waals surface area contributed by atoms with Crippen molar-refractivity contribution in [3.05, 3.63) is 41.3 Å². The molecule has 2 heteroatoms. The molecule has 0 atom stereocenters. The van der Waals surface area contributed by atoms with E-state index in [2.05, 4.69) is 23.5 Å². The average Bonchev–Trinajstić information content (AvgIpc) is 2.23. The van der Waals surface area contributed by atoms with E-state index in [9.17, 15) is 0 Å². The normalized spacial score (nSPS) is 18.4. The molecule has 1 fully saturated rings. The number of hydrogen-bond acceptors (Lipinski definition) is 1. The highest BCUT2D eigenvalue weighted by atomic mass is 35.5. The second kappa shape index (κ2) is 4.81. The topological polar surface area (TPSA) is 3.24 Å². The van der Waals surface area contributed by atoms with Crippen molar-refractivity contribution in [3.63, 3.8) is 0 Å². The van der Waals surface area contributed by atoms with Gasteiger partial charge in [-0.1, -0.05) is 29.8 Å². The highest BCUT2D eigenvalue weighted by molar-refractivity contribution is 6.31. The van der Waals surface area contributed by atoms with Gasteiger partial charge in [0.2, 0.25) is 0 Å². The number of halogens is 1. The Kier molecular flexibility index (Phi) is 3.44. The van der Waals surface area contributed by atoms with Gasteiger partial charge in [-0.2, -0.15) is 0 Å². The lowest BCUT2D eigenvalue weighted by Gasteiger charge is -2.26. The maximum absolute atomic E-state index is 6.11. The van der Waals surface area contributed by atoms with E-state index in [4.69, 9.17) is 11.6 Å². The van der Waals surface area contributed by atoms with Gasteiger partial charge >= 0.3 is 0 Å². The molecule has 1 aromatic rings. The van der Waals surface area contributed by atoms with Crippen molar-refractivity contribution in [3.8, 4) is 0 Å². The summed E-state index contributed by atoms with van der Waals surface area (Å²) in [5, 5.41) is 0.891. The molecule has 0 bridgehead atoms. The van der Waals surface area contributed by atoms with Crippen LogP contribution in [0.2, 0.25) is 5.02 Å². The van der Waals surface area contributed by atoms with E-state index in [-0.39, 0.29) is 0 Å². The van der Waals surface area contributed by atoms with Crippen LogP contribution in [0.5, 0.6) is 0 Å². The largest absolute Gasteiger partial charge is 0.299 e. The Hall–Kier alpha value is -0.530. The van der Waals surface area contributed by atoms with Gasteiger partial charge in [-0.25, -0.2) is 0 Å². The van der Waals surface area contributed by atoms with E-state index in [0.29, 0.717) is 0 Å². The highest BCUT2D eigenvalue weighted by Gasteiger charge is 2.11. The number of benzene rings is 1. The molecule has 1 nitrogen and oxygen atoms in total. The summed E-state index contributed by atoms with van der Waals surface area (Å²) in [5.74, 6) is 0. The second-order valence-electron chi connectivity index (χ2n) is 3.73. The zero-order chi connectivity index (χ0) is 9.80. The van der Waals surface area contributed by atoms with Gasteiger partial charge in [0.15, 0.2) is 0 Å². The van der Waals surface area contributed by atoms with Crippen molar-refractivity contribution in [1.29, 1.82) is 0 Å². The number of rotatable bonds is 2. The van der Waals surface area contributed by atoms with Gasteiger partial charge in [-0.3, -0.25) is 4.90 Å². The van der Waals surface area contributed by atoms with Gasteiger partial charge in [0.25, 0.3) is 0 Å². The van der Waals surface area contributed by atoms with Crippen LogP contribution in [0, 0.1) is 6.42 Å². The lowest BCUT2D eigenvalue weighted by Crippen LogP contribution is -2.29. The van der Waals surface area contributed by atoms with Crippen LogP contribution < -0.4 is 0 Å². The molecule has 2 rings (SSSR count). The van der Waals surface area contributed by atoms with Crippen molar-refractivity contribution in [1.82, 2.24) is 4.90 Å². The minimum absolute atomic E-state index is 0.891. The summed E-state index contributed by atoms with van der Waals surface area (Å²) in [6.45, 7) is 3.34. The molecule has 1 aliphatic rings. The standard InChI is InChI=1S/C12H15ClN/c13-12-7-3-2-6-11(12)10-14-8-4-1-5-9-14/h1-3,6-7H,4-5,8-10H2. The second-order valence-corrected chi connectivity index (χ2v) is 4.14. The Morgan fingerprint density at radius 1 is 1.14 bits per heavy atom. The molecule has 0 unspecified atom stereocenters. The van der Waals surface area contributed by atoms with Crippen LogP contribution in [0.4, 0.5) is 0 Å². The van der Waals surface area contributed by atoms with Crippen molar-refractivity contribution >= 4 is 11.6 Å². The molecule has 1 aromatic carbocycles. The van der Waals surface area contributed by atoms with E-state index in [1.165, 1.54) is 31.5 Å². The first-order valence-corrected chi connectivity index (χ1v) is 5.51. The van der Waals surface area contributed by atoms with Crippen LogP contribution in [0.3, 0.4) is 0 Å². The summed E-state index contributed by atoms with van der Waals surface area (Å²) in [7, 11) is 0. The molecule has 0 amide bonds. The maximum atomic E-state index is 6.11. The molecular formula is C12H15ClN. The fourth-order valence-electron chi connectivity index (χ4n) is 1.83. The minimum atomic E-state index is 0.891. The number of likely N-dealkylation sites (tertiary alicyclic amines) is 1. The third-order valence-corrected chi connectivity index (χ3v) is 3.02. The molecule has 0 N–H and O–H groups in total. The molecule has 0 spiro atoms. The lowest BCUT2D eigenvalue weighted by atomic mass is 10.1. The van der Waals surface area contributed by atoms with Crippen LogP contribution in [-0.4, -0.2) is 18.0 Å². The van der Waals surface area contributed by atoms with Crippen molar-refractivity contribution < 1.29 is 0 Å². The van der Waals surface area contributed by atoms with Gasteiger partial charge in [-0.05, 0) is 44.0 Å². The SMILES string of the molecule is Clc1ccccc1CN1CC[CH]CC1. The Morgan fingerprint density at radius 2 is 1.86 bits per heavy atom. The molecule has 14 heavy (non-hydrogen) atoms. The highest BCUT2D eigenvalue weighted by Crippen LogP contribution is 2.18. The Labute approximate surface area is 90.7 Å². The number of nitrogens with zero attached hydrogens (tertiary/aromatic N) is 1. The fourth-order valence-corrected chi connectivity index (χ4v) is 2.02. The fraction of sp³-hybridized carbons (Fsp3) is 0.417. The number of hydrogen-bond donors (Lipinski definition) is 0. The summed E-state index contributed by atoms with van der Waals surface area (Å²) in [6.07, 6.45) is 4.79. The predicted octanol–water partition coefficient (Wildman–Crippen LogP) is 3.14. The third kappa shape index (κ3) is 2.49. The van der Waals surface area contributed by atoms with E-state index < -0.39 is 0 Å². The Morgan fingerprint density at radius 3 is 2.57 bits per heavy atom. The van der Waals surface area contributed by atoms with E-state index in [1.54, 1.807) is 0 Å². The van der Waals surface area contributed by atoms with E-state index >= 15 is 0 Å². The number of piperidine rings is 1. The van der Waals surface area contributed by atoms with Gasteiger partial charge in [0.05, 0.1) is 0 Å². The van der Waals surface area contributed by atoms with Crippen molar-refractivity contribution in [2.24, 2.45) is 0 Å². The zero-order valence-electron chi connectivity index (χ0n) is 8.25. The van der Waals surface area contributed by atoms with Crippen LogP contribution >= 0.6 is 11.6 Å². The average molecular weight is 209 g/mol. The van der Waals surface area contributed by atoms with Gasteiger partial charge in [0.1, 0.15) is 0 Å². The predicted molar refractivity (Wildman–Crippen MR) is 60.3 cm³/mol. The minimum Gasteiger partial charge on any atom is -0.299 e. The third-order valence-electron chi connectivity index (χ3n) is 2.65. The van der Waals surface area contributed by atoms with Gasteiger partial charge < -0.3 is 0 Å². The van der Waals surface area contributed by atoms with Crippen LogP contribution in [0.15, 0.2) is 24.3 Å². The first-order valence-electron chi connectivity index (χ1n) is 5.14. The molecule has 75 valence electrons. The smallest absolute Gasteiger partial charge is 0.0451 e. The lowest BCUT2D eigenvalue weighted by molar-refractivity contribution is 0.246. The summed E-state index contributed by atoms with van der Waals surface area (Å²) in [5.41, 5.74) is 1.25. The summed E-state index contributed by atoms with van der Waals surface area (Å²) in [4.78, 5) is 2.46. The molecule has 1 aliphatic heterocycles. The van der Waals surface area contributed by atoms with Crippen molar-refractivity contribution in [2.75, 3.05) is 13.1 Å². The Balaban J connectivity index is 1.99. The van der Waals surface area contributed by atoms with Gasteiger partial charge in [0, 0.05) is 11.6 Å². The van der Waals surface area contributed by atoms with Crippen LogP contribution in [-0.2, 0) is 6.54 Å². The first-order chi connectivity index (χ1) is 6.86. The maximum Gasteiger partial charge on any atom is 0.0451 e. The van der Waals surface area contributed by atoms with Crippen molar-refractivity contribution in [2.45, 2.75) is 19.4 Å². The summed E-state index contributed by atoms with van der Waals surface area (Å²) < 4.78 is 0. The molecule has 0 saturated carbocycles. The van der Waals surface area contributed by atoms with E-state index in [1.807, 2.05) is 12.1 Å². The zero-order valence-corrected chi connectivity index (χ0v) is 9.00. The molecule has 0 aromatic heterocycles. The quantitative estimate of drug-likeness (QED) is 0.722. The van der Waals surface area contributed by atoms with Gasteiger partial charge in [-0.15, -0.1) is 0 Å². The molecule has 1 heterocycles.